The first-order valence-electron chi connectivity index (χ1n) is 6.86. The lowest BCUT2D eigenvalue weighted by molar-refractivity contribution is -0.117. The Bertz CT molecular complexity index is 641. The molecular formula is C18H17NO. The van der Waals surface area contributed by atoms with Gasteiger partial charge in [0.1, 0.15) is 0 Å². The van der Waals surface area contributed by atoms with E-state index in [-0.39, 0.29) is 11.9 Å². The summed E-state index contributed by atoms with van der Waals surface area (Å²) in [4.78, 5) is 11.4. The van der Waals surface area contributed by atoms with Gasteiger partial charge in [-0.1, -0.05) is 60.7 Å². The van der Waals surface area contributed by atoms with E-state index in [0.29, 0.717) is 0 Å². The standard InChI is InChI=1S/C18H17NO/c1-13-11-17(19-18(13)20)12-14-7-9-16(10-8-14)15-5-3-2-4-6-15/h2-11,17H,12H2,1H3,(H,19,20)/t17-/m0/s1. The summed E-state index contributed by atoms with van der Waals surface area (Å²) in [5.74, 6) is 0.0518. The highest BCUT2D eigenvalue weighted by molar-refractivity contribution is 5.95. The number of hydrogen-bond donors (Lipinski definition) is 1. The van der Waals surface area contributed by atoms with E-state index >= 15 is 0 Å². The summed E-state index contributed by atoms with van der Waals surface area (Å²) in [7, 11) is 0. The summed E-state index contributed by atoms with van der Waals surface area (Å²) in [6.45, 7) is 1.85. The van der Waals surface area contributed by atoms with E-state index in [9.17, 15) is 4.79 Å². The largest absolute Gasteiger partial charge is 0.346 e. The molecule has 2 aromatic carbocycles. The maximum absolute atomic E-state index is 11.4. The van der Waals surface area contributed by atoms with Crippen molar-refractivity contribution in [3.05, 3.63) is 71.8 Å². The van der Waals surface area contributed by atoms with Crippen molar-refractivity contribution < 1.29 is 4.79 Å². The Kier molecular flexibility index (Phi) is 3.38. The second-order valence-electron chi connectivity index (χ2n) is 5.20. The molecule has 1 atom stereocenters. The summed E-state index contributed by atoms with van der Waals surface area (Å²) in [5.41, 5.74) is 4.50. The van der Waals surface area contributed by atoms with Crippen molar-refractivity contribution >= 4 is 5.91 Å². The number of carbonyl (C=O) groups is 1. The van der Waals surface area contributed by atoms with Gasteiger partial charge in [0.15, 0.2) is 0 Å². The van der Waals surface area contributed by atoms with Gasteiger partial charge in [-0.05, 0) is 30.0 Å². The van der Waals surface area contributed by atoms with Gasteiger partial charge in [0.25, 0.3) is 0 Å². The van der Waals surface area contributed by atoms with Crippen molar-refractivity contribution in [2.75, 3.05) is 0 Å². The van der Waals surface area contributed by atoms with E-state index in [1.54, 1.807) is 0 Å². The van der Waals surface area contributed by atoms with Gasteiger partial charge in [-0.3, -0.25) is 4.79 Å². The summed E-state index contributed by atoms with van der Waals surface area (Å²) < 4.78 is 0. The van der Waals surface area contributed by atoms with Crippen molar-refractivity contribution in [1.29, 1.82) is 0 Å². The number of nitrogens with one attached hydrogen (secondary N) is 1. The molecular weight excluding hydrogens is 246 g/mol. The molecule has 1 amide bonds. The second-order valence-corrected chi connectivity index (χ2v) is 5.20. The number of rotatable bonds is 3. The first-order valence-corrected chi connectivity index (χ1v) is 6.86. The van der Waals surface area contributed by atoms with Gasteiger partial charge in [0, 0.05) is 5.57 Å². The number of carbonyl (C=O) groups excluding carboxylic acids is 1. The molecule has 0 aliphatic carbocycles. The van der Waals surface area contributed by atoms with Crippen molar-refractivity contribution in [1.82, 2.24) is 5.32 Å². The molecule has 0 unspecified atom stereocenters. The normalized spacial score (nSPS) is 17.8. The molecule has 0 bridgehead atoms. The van der Waals surface area contributed by atoms with Crippen LogP contribution in [-0.2, 0) is 11.2 Å². The van der Waals surface area contributed by atoms with E-state index < -0.39 is 0 Å². The molecule has 0 aromatic heterocycles. The lowest BCUT2D eigenvalue weighted by Crippen LogP contribution is -2.28. The van der Waals surface area contributed by atoms with Crippen LogP contribution in [0.1, 0.15) is 12.5 Å². The second kappa shape index (κ2) is 5.33. The van der Waals surface area contributed by atoms with Crippen LogP contribution in [0.15, 0.2) is 66.2 Å². The van der Waals surface area contributed by atoms with Gasteiger partial charge >= 0.3 is 0 Å². The minimum Gasteiger partial charge on any atom is -0.346 e. The maximum Gasteiger partial charge on any atom is 0.247 e. The van der Waals surface area contributed by atoms with Crippen molar-refractivity contribution in [3.8, 4) is 11.1 Å². The average Bonchev–Trinajstić information content (AvgIpc) is 2.79. The minimum absolute atomic E-state index is 0.0518. The van der Waals surface area contributed by atoms with Crippen LogP contribution in [0.2, 0.25) is 0 Å². The fourth-order valence-corrected chi connectivity index (χ4v) is 2.53. The minimum atomic E-state index is 0.0518. The van der Waals surface area contributed by atoms with Gasteiger partial charge in [-0.2, -0.15) is 0 Å². The number of hydrogen-bond acceptors (Lipinski definition) is 1. The Morgan fingerprint density at radius 1 is 0.950 bits per heavy atom. The van der Waals surface area contributed by atoms with Crippen LogP contribution in [-0.4, -0.2) is 11.9 Å². The third-order valence-corrected chi connectivity index (χ3v) is 3.64. The molecule has 1 N–H and O–H groups in total. The molecule has 0 spiro atoms. The van der Waals surface area contributed by atoms with Gasteiger partial charge in [-0.15, -0.1) is 0 Å². The molecule has 2 aromatic rings. The highest BCUT2D eigenvalue weighted by Crippen LogP contribution is 2.20. The third kappa shape index (κ3) is 2.64. The van der Waals surface area contributed by atoms with Crippen molar-refractivity contribution in [2.24, 2.45) is 0 Å². The zero-order valence-corrected chi connectivity index (χ0v) is 11.5. The fraction of sp³-hybridized carbons (Fsp3) is 0.167. The maximum atomic E-state index is 11.4. The van der Waals surface area contributed by atoms with Crippen molar-refractivity contribution in [3.63, 3.8) is 0 Å². The molecule has 2 nitrogen and oxygen atoms in total. The van der Waals surface area contributed by atoms with Gasteiger partial charge in [-0.25, -0.2) is 0 Å². The fourth-order valence-electron chi connectivity index (χ4n) is 2.53. The lowest BCUT2D eigenvalue weighted by Gasteiger charge is -2.09. The summed E-state index contributed by atoms with van der Waals surface area (Å²) >= 11 is 0. The third-order valence-electron chi connectivity index (χ3n) is 3.64. The molecule has 0 saturated heterocycles. The summed E-state index contributed by atoms with van der Waals surface area (Å²) in [6, 6.07) is 19.0. The highest BCUT2D eigenvalue weighted by atomic mass is 16.1. The Labute approximate surface area is 119 Å². The molecule has 1 aliphatic heterocycles. The van der Waals surface area contributed by atoms with E-state index in [2.05, 4.69) is 41.7 Å². The molecule has 3 rings (SSSR count). The van der Waals surface area contributed by atoms with Crippen LogP contribution in [0.4, 0.5) is 0 Å². The zero-order chi connectivity index (χ0) is 13.9. The predicted octanol–water partition coefficient (Wildman–Crippen LogP) is 3.34. The van der Waals surface area contributed by atoms with Gasteiger partial charge in [0.05, 0.1) is 6.04 Å². The first-order chi connectivity index (χ1) is 9.72. The van der Waals surface area contributed by atoms with E-state index in [4.69, 9.17) is 0 Å². The van der Waals surface area contributed by atoms with Crippen LogP contribution in [0.5, 0.6) is 0 Å². The molecule has 1 heterocycles. The zero-order valence-electron chi connectivity index (χ0n) is 11.5. The topological polar surface area (TPSA) is 29.1 Å². The Morgan fingerprint density at radius 2 is 1.60 bits per heavy atom. The summed E-state index contributed by atoms with van der Waals surface area (Å²) in [5, 5.41) is 2.97. The van der Waals surface area contributed by atoms with Crippen LogP contribution in [0.25, 0.3) is 11.1 Å². The van der Waals surface area contributed by atoms with Gasteiger partial charge in [0.2, 0.25) is 5.91 Å². The van der Waals surface area contributed by atoms with Crippen molar-refractivity contribution in [2.45, 2.75) is 19.4 Å². The smallest absolute Gasteiger partial charge is 0.247 e. The predicted molar refractivity (Wildman–Crippen MR) is 81.3 cm³/mol. The van der Waals surface area contributed by atoms with E-state index in [0.717, 1.165) is 12.0 Å². The summed E-state index contributed by atoms with van der Waals surface area (Å²) in [6.07, 6.45) is 2.85. The van der Waals surface area contributed by atoms with Crippen LogP contribution >= 0.6 is 0 Å². The molecule has 0 radical (unpaired) electrons. The first kappa shape index (κ1) is 12.7. The van der Waals surface area contributed by atoms with Crippen LogP contribution in [0.3, 0.4) is 0 Å². The molecule has 1 aliphatic rings. The molecule has 0 fully saturated rings. The molecule has 20 heavy (non-hydrogen) atoms. The SMILES string of the molecule is CC1=C[C@@H](Cc2ccc(-c3ccccc3)cc2)NC1=O. The quantitative estimate of drug-likeness (QED) is 0.904. The number of amides is 1. The molecule has 2 heteroatoms. The lowest BCUT2D eigenvalue weighted by atomic mass is 10.0. The molecule has 100 valence electrons. The highest BCUT2D eigenvalue weighted by Gasteiger charge is 2.19. The average molecular weight is 263 g/mol. The molecule has 0 saturated carbocycles. The van der Waals surface area contributed by atoms with Crippen LogP contribution < -0.4 is 5.32 Å². The van der Waals surface area contributed by atoms with Crippen LogP contribution in [0, 0.1) is 0 Å². The Morgan fingerprint density at radius 3 is 2.20 bits per heavy atom. The van der Waals surface area contributed by atoms with Gasteiger partial charge < -0.3 is 5.32 Å². The monoisotopic (exact) mass is 263 g/mol. The van der Waals surface area contributed by atoms with E-state index in [1.165, 1.54) is 16.7 Å². The van der Waals surface area contributed by atoms with E-state index in [1.807, 2.05) is 31.2 Å². The Balaban J connectivity index is 1.73. The number of benzene rings is 2. The Hall–Kier alpha value is -2.35.